The molecule has 1 unspecified atom stereocenters. The van der Waals surface area contributed by atoms with Gasteiger partial charge < -0.3 is 20.5 Å². The molecule has 2 aliphatic heterocycles. The van der Waals surface area contributed by atoms with Crippen LogP contribution in [-0.2, 0) is 25.6 Å². The van der Waals surface area contributed by atoms with Gasteiger partial charge in [-0.1, -0.05) is 12.1 Å². The fraction of sp³-hybridized carbons (Fsp3) is 0.500. The molecule has 0 spiro atoms. The Hall–Kier alpha value is -2.66. The molecule has 2 aliphatic rings. The SMILES string of the molecule is NCCOCCOCCNCc1cccc2c1C(=O)N(C1CCC(=O)NC1=O)C2=O. The van der Waals surface area contributed by atoms with Crippen molar-refractivity contribution in [1.82, 2.24) is 15.5 Å². The van der Waals surface area contributed by atoms with E-state index in [9.17, 15) is 19.2 Å². The average molecular weight is 418 g/mol. The molecule has 0 aromatic heterocycles. The predicted octanol–water partition coefficient (Wildman–Crippen LogP) is -0.831. The first-order chi connectivity index (χ1) is 14.5. The zero-order chi connectivity index (χ0) is 21.5. The monoisotopic (exact) mass is 418 g/mol. The van der Waals surface area contributed by atoms with Crippen LogP contribution in [0, 0.1) is 0 Å². The van der Waals surface area contributed by atoms with Gasteiger partial charge in [0.05, 0.1) is 37.6 Å². The third-order valence-electron chi connectivity index (χ3n) is 4.93. The van der Waals surface area contributed by atoms with Crippen LogP contribution in [0.4, 0.5) is 0 Å². The van der Waals surface area contributed by atoms with Crippen molar-refractivity contribution in [1.29, 1.82) is 0 Å². The highest BCUT2D eigenvalue weighted by molar-refractivity contribution is 6.24. The van der Waals surface area contributed by atoms with E-state index in [0.29, 0.717) is 57.2 Å². The molecule has 4 amide bonds. The number of carbonyl (C=O) groups excluding carboxylic acids is 4. The van der Waals surface area contributed by atoms with Gasteiger partial charge in [0.2, 0.25) is 11.8 Å². The average Bonchev–Trinajstić information content (AvgIpc) is 2.98. The third-order valence-corrected chi connectivity index (χ3v) is 4.93. The minimum absolute atomic E-state index is 0.0927. The zero-order valence-electron chi connectivity index (χ0n) is 16.6. The molecule has 10 heteroatoms. The van der Waals surface area contributed by atoms with Gasteiger partial charge in [-0.05, 0) is 18.1 Å². The summed E-state index contributed by atoms with van der Waals surface area (Å²) >= 11 is 0. The van der Waals surface area contributed by atoms with Crippen LogP contribution < -0.4 is 16.4 Å². The topological polar surface area (TPSA) is 140 Å². The van der Waals surface area contributed by atoms with E-state index >= 15 is 0 Å². The lowest BCUT2D eigenvalue weighted by molar-refractivity contribution is -0.136. The molecule has 30 heavy (non-hydrogen) atoms. The number of ether oxygens (including phenoxy) is 2. The number of rotatable bonds is 11. The summed E-state index contributed by atoms with van der Waals surface area (Å²) in [4.78, 5) is 50.3. The number of fused-ring (bicyclic) bond motifs is 1. The Bertz CT molecular complexity index is 828. The fourth-order valence-corrected chi connectivity index (χ4v) is 3.50. The largest absolute Gasteiger partial charge is 0.378 e. The molecule has 0 aliphatic carbocycles. The van der Waals surface area contributed by atoms with E-state index in [4.69, 9.17) is 15.2 Å². The Labute approximate surface area is 174 Å². The second-order valence-electron chi connectivity index (χ2n) is 6.98. The third kappa shape index (κ3) is 4.90. The van der Waals surface area contributed by atoms with Crippen LogP contribution in [0.3, 0.4) is 0 Å². The van der Waals surface area contributed by atoms with Gasteiger partial charge in [0, 0.05) is 26.1 Å². The van der Waals surface area contributed by atoms with Gasteiger partial charge in [-0.2, -0.15) is 0 Å². The normalized spacial score (nSPS) is 18.7. The smallest absolute Gasteiger partial charge is 0.262 e. The molecule has 1 aromatic carbocycles. The van der Waals surface area contributed by atoms with Gasteiger partial charge in [-0.3, -0.25) is 29.4 Å². The minimum Gasteiger partial charge on any atom is -0.378 e. The Morgan fingerprint density at radius 2 is 1.83 bits per heavy atom. The van der Waals surface area contributed by atoms with Gasteiger partial charge in [-0.15, -0.1) is 0 Å². The van der Waals surface area contributed by atoms with Crippen LogP contribution >= 0.6 is 0 Å². The highest BCUT2D eigenvalue weighted by Gasteiger charge is 2.45. The zero-order valence-corrected chi connectivity index (χ0v) is 16.6. The van der Waals surface area contributed by atoms with E-state index in [1.807, 2.05) is 0 Å². The van der Waals surface area contributed by atoms with Crippen molar-refractivity contribution in [3.8, 4) is 0 Å². The van der Waals surface area contributed by atoms with Crippen molar-refractivity contribution >= 4 is 23.6 Å². The lowest BCUT2D eigenvalue weighted by Crippen LogP contribution is -2.54. The van der Waals surface area contributed by atoms with Gasteiger partial charge in [0.1, 0.15) is 6.04 Å². The number of imide groups is 2. The number of piperidine rings is 1. The van der Waals surface area contributed by atoms with Gasteiger partial charge in [0.25, 0.3) is 11.8 Å². The summed E-state index contributed by atoms with van der Waals surface area (Å²) in [6, 6.07) is 4.09. The number of nitrogens with two attached hydrogens (primary N) is 1. The van der Waals surface area contributed by atoms with Crippen molar-refractivity contribution in [2.75, 3.05) is 39.5 Å². The molecule has 4 N–H and O–H groups in total. The van der Waals surface area contributed by atoms with E-state index in [-0.39, 0.29) is 18.4 Å². The molecular weight excluding hydrogens is 392 g/mol. The van der Waals surface area contributed by atoms with Crippen LogP contribution in [-0.4, -0.2) is 74.1 Å². The quantitative estimate of drug-likeness (QED) is 0.312. The number of nitrogens with zero attached hydrogens (tertiary/aromatic N) is 1. The highest BCUT2D eigenvalue weighted by Crippen LogP contribution is 2.29. The van der Waals surface area contributed by atoms with Crippen LogP contribution in [0.2, 0.25) is 0 Å². The lowest BCUT2D eigenvalue weighted by Gasteiger charge is -2.27. The number of nitrogens with one attached hydrogen (secondary N) is 2. The first-order valence-corrected chi connectivity index (χ1v) is 9.94. The Balaban J connectivity index is 1.56. The summed E-state index contributed by atoms with van der Waals surface area (Å²) in [5.41, 5.74) is 6.58. The Morgan fingerprint density at radius 1 is 1.07 bits per heavy atom. The Morgan fingerprint density at radius 3 is 2.57 bits per heavy atom. The number of hydrogen-bond acceptors (Lipinski definition) is 8. The summed E-state index contributed by atoms with van der Waals surface area (Å²) < 4.78 is 10.6. The van der Waals surface area contributed by atoms with Crippen LogP contribution in [0.5, 0.6) is 0 Å². The van der Waals surface area contributed by atoms with Crippen molar-refractivity contribution in [2.24, 2.45) is 5.73 Å². The summed E-state index contributed by atoms with van der Waals surface area (Å²) in [5, 5.41) is 5.38. The van der Waals surface area contributed by atoms with E-state index in [2.05, 4.69) is 10.6 Å². The molecule has 2 heterocycles. The lowest BCUT2D eigenvalue weighted by atomic mass is 10.0. The van der Waals surface area contributed by atoms with Crippen molar-refractivity contribution in [3.05, 3.63) is 34.9 Å². The van der Waals surface area contributed by atoms with Crippen molar-refractivity contribution in [3.63, 3.8) is 0 Å². The first-order valence-electron chi connectivity index (χ1n) is 9.94. The fourth-order valence-electron chi connectivity index (χ4n) is 3.50. The summed E-state index contributed by atoms with van der Waals surface area (Å²) in [6.45, 7) is 3.33. The molecule has 0 radical (unpaired) electrons. The highest BCUT2D eigenvalue weighted by atomic mass is 16.5. The van der Waals surface area contributed by atoms with Gasteiger partial charge in [-0.25, -0.2) is 0 Å². The van der Waals surface area contributed by atoms with Crippen molar-refractivity contribution in [2.45, 2.75) is 25.4 Å². The second kappa shape index (κ2) is 10.4. The van der Waals surface area contributed by atoms with Crippen molar-refractivity contribution < 1.29 is 28.7 Å². The maximum absolute atomic E-state index is 13.0. The maximum atomic E-state index is 13.0. The number of benzene rings is 1. The van der Waals surface area contributed by atoms with Gasteiger partial charge in [0.15, 0.2) is 0 Å². The molecule has 1 aromatic rings. The molecule has 1 saturated heterocycles. The number of amides is 4. The maximum Gasteiger partial charge on any atom is 0.262 e. The first kappa shape index (κ1) is 22.0. The molecule has 0 saturated carbocycles. The van der Waals surface area contributed by atoms with Crippen LogP contribution in [0.15, 0.2) is 18.2 Å². The van der Waals surface area contributed by atoms with E-state index in [1.165, 1.54) is 0 Å². The second-order valence-corrected chi connectivity index (χ2v) is 6.98. The number of hydrogen-bond donors (Lipinski definition) is 3. The predicted molar refractivity (Wildman–Crippen MR) is 106 cm³/mol. The van der Waals surface area contributed by atoms with Crippen LogP contribution in [0.25, 0.3) is 0 Å². The standard InChI is InChI=1S/C20H26N4O6/c21-6-8-29-10-11-30-9-7-22-12-13-2-1-3-14-17(13)20(28)24(19(14)27)15-4-5-16(25)23-18(15)26/h1-3,15,22H,4-12,21H2,(H,23,25,26). The number of carbonyl (C=O) groups is 4. The van der Waals surface area contributed by atoms with E-state index < -0.39 is 29.7 Å². The molecule has 0 bridgehead atoms. The summed E-state index contributed by atoms with van der Waals surface area (Å²) in [6.07, 6.45) is 0.228. The van der Waals surface area contributed by atoms with Crippen LogP contribution in [0.1, 0.15) is 39.1 Å². The van der Waals surface area contributed by atoms with Gasteiger partial charge >= 0.3 is 0 Å². The molecule has 10 nitrogen and oxygen atoms in total. The minimum atomic E-state index is -0.967. The molecule has 3 rings (SSSR count). The summed E-state index contributed by atoms with van der Waals surface area (Å²) in [7, 11) is 0. The van der Waals surface area contributed by atoms with E-state index in [1.54, 1.807) is 18.2 Å². The molecule has 1 atom stereocenters. The van der Waals surface area contributed by atoms with E-state index in [0.717, 1.165) is 4.90 Å². The summed E-state index contributed by atoms with van der Waals surface area (Å²) in [5.74, 6) is -2.03. The molecule has 1 fully saturated rings. The Kier molecular flexibility index (Phi) is 7.63. The molecule has 162 valence electrons. The molecular formula is C20H26N4O6.